The zero-order valence-corrected chi connectivity index (χ0v) is 12.7. The van der Waals surface area contributed by atoms with Crippen molar-refractivity contribution in [3.63, 3.8) is 0 Å². The predicted octanol–water partition coefficient (Wildman–Crippen LogP) is 0.917. The number of amides is 1. The maximum Gasteiger partial charge on any atom is 0.323 e. The number of hydrogen-bond acceptors (Lipinski definition) is 4. The molecule has 8 nitrogen and oxygen atoms in total. The van der Waals surface area contributed by atoms with E-state index < -0.39 is 5.69 Å². The second-order valence-electron chi connectivity index (χ2n) is 5.78. The number of aromatic amines is 3. The molecule has 1 unspecified atom stereocenters. The molecule has 1 amide bonds. The van der Waals surface area contributed by atoms with Crippen molar-refractivity contribution in [1.29, 1.82) is 0 Å². The lowest BCUT2D eigenvalue weighted by molar-refractivity contribution is 0.0724. The molecule has 1 saturated heterocycles. The van der Waals surface area contributed by atoms with Crippen LogP contribution in [0.4, 0.5) is 0 Å². The molecule has 0 aliphatic carbocycles. The molecule has 3 aromatic rings. The molecule has 1 atom stereocenters. The highest BCUT2D eigenvalue weighted by molar-refractivity contribution is 5.92. The summed E-state index contributed by atoms with van der Waals surface area (Å²) < 4.78 is 0. The number of fused-ring (bicyclic) bond motifs is 1. The van der Waals surface area contributed by atoms with Gasteiger partial charge in [0.2, 0.25) is 0 Å². The van der Waals surface area contributed by atoms with Gasteiger partial charge in [-0.1, -0.05) is 12.1 Å². The van der Waals surface area contributed by atoms with Gasteiger partial charge in [-0.15, -0.1) is 0 Å². The lowest BCUT2D eigenvalue weighted by Crippen LogP contribution is -2.33. The van der Waals surface area contributed by atoms with Crippen LogP contribution in [0.15, 0.2) is 40.1 Å². The molecule has 0 bridgehead atoms. The Hall–Kier alpha value is -3.16. The van der Waals surface area contributed by atoms with Gasteiger partial charge in [0, 0.05) is 12.7 Å². The van der Waals surface area contributed by atoms with Crippen LogP contribution < -0.4 is 11.2 Å². The van der Waals surface area contributed by atoms with Crippen LogP contribution in [0.3, 0.4) is 0 Å². The van der Waals surface area contributed by atoms with Gasteiger partial charge < -0.3 is 19.9 Å². The average Bonchev–Trinajstić information content (AvgIpc) is 3.23. The summed E-state index contributed by atoms with van der Waals surface area (Å²) in [7, 11) is 0. The van der Waals surface area contributed by atoms with Crippen molar-refractivity contribution in [2.45, 2.75) is 18.9 Å². The van der Waals surface area contributed by atoms with Gasteiger partial charge in [-0.3, -0.25) is 9.59 Å². The minimum atomic E-state index is -0.425. The van der Waals surface area contributed by atoms with E-state index in [1.807, 2.05) is 6.07 Å². The Labute approximate surface area is 135 Å². The van der Waals surface area contributed by atoms with E-state index in [9.17, 15) is 14.4 Å². The van der Waals surface area contributed by atoms with Gasteiger partial charge in [0.15, 0.2) is 0 Å². The van der Waals surface area contributed by atoms with Gasteiger partial charge in [-0.05, 0) is 25.0 Å². The average molecular weight is 325 g/mol. The van der Waals surface area contributed by atoms with Crippen molar-refractivity contribution < 1.29 is 4.79 Å². The zero-order chi connectivity index (χ0) is 16.7. The molecular formula is C16H15N5O3. The van der Waals surface area contributed by atoms with Crippen LogP contribution in [-0.2, 0) is 0 Å². The summed E-state index contributed by atoms with van der Waals surface area (Å²) in [6.45, 7) is 0.549. The molecule has 1 aromatic carbocycles. The first-order valence-electron chi connectivity index (χ1n) is 7.71. The largest absolute Gasteiger partial charge is 0.327 e. The highest BCUT2D eigenvalue weighted by Gasteiger charge is 2.33. The number of carbonyl (C=O) groups excluding carboxylic acids is 1. The summed E-state index contributed by atoms with van der Waals surface area (Å²) in [5.41, 5.74) is 0.164. The summed E-state index contributed by atoms with van der Waals surface area (Å²) in [5, 5.41) is 0.520. The minimum Gasteiger partial charge on any atom is -0.327 e. The first-order chi connectivity index (χ1) is 11.6. The van der Waals surface area contributed by atoms with Crippen LogP contribution in [0, 0.1) is 0 Å². The normalized spacial score (nSPS) is 17.5. The van der Waals surface area contributed by atoms with Crippen LogP contribution in [-0.4, -0.2) is 37.3 Å². The summed E-state index contributed by atoms with van der Waals surface area (Å²) >= 11 is 0. The third-order valence-electron chi connectivity index (χ3n) is 4.29. The molecule has 24 heavy (non-hydrogen) atoms. The monoisotopic (exact) mass is 325 g/mol. The molecule has 0 spiro atoms. The number of nitrogens with zero attached hydrogens (tertiary/aromatic N) is 2. The van der Waals surface area contributed by atoms with Gasteiger partial charge >= 0.3 is 5.69 Å². The third kappa shape index (κ3) is 2.32. The second kappa shape index (κ2) is 5.48. The number of nitrogens with one attached hydrogen (secondary N) is 3. The Balaban J connectivity index is 1.74. The van der Waals surface area contributed by atoms with E-state index in [2.05, 4.69) is 19.9 Å². The number of likely N-dealkylation sites (tertiary alicyclic amines) is 1. The van der Waals surface area contributed by atoms with Crippen LogP contribution >= 0.6 is 0 Å². The molecular weight excluding hydrogens is 310 g/mol. The minimum absolute atomic E-state index is 0.204. The summed E-state index contributed by atoms with van der Waals surface area (Å²) in [5.74, 6) is 0.189. The first-order valence-corrected chi connectivity index (χ1v) is 7.71. The van der Waals surface area contributed by atoms with Gasteiger partial charge in [-0.25, -0.2) is 9.78 Å². The number of para-hydroxylation sites is 1. The fraction of sp³-hybridized carbons (Fsp3) is 0.250. The van der Waals surface area contributed by atoms with E-state index in [1.165, 1.54) is 6.20 Å². The molecule has 1 aliphatic heterocycles. The van der Waals surface area contributed by atoms with Crippen LogP contribution in [0.25, 0.3) is 10.9 Å². The highest BCUT2D eigenvalue weighted by atomic mass is 16.2. The number of H-pyrrole nitrogens is 3. The summed E-state index contributed by atoms with van der Waals surface area (Å²) in [6, 6.07) is 6.78. The van der Waals surface area contributed by atoms with Gasteiger partial charge in [0.1, 0.15) is 11.5 Å². The Morgan fingerprint density at radius 3 is 2.83 bits per heavy atom. The first kappa shape index (κ1) is 14.4. The van der Waals surface area contributed by atoms with Crippen molar-refractivity contribution in [3.8, 4) is 0 Å². The Morgan fingerprint density at radius 1 is 1.21 bits per heavy atom. The van der Waals surface area contributed by atoms with Gasteiger partial charge in [-0.2, -0.15) is 0 Å². The molecule has 1 aliphatic rings. The summed E-state index contributed by atoms with van der Waals surface area (Å²) in [4.78, 5) is 49.9. The van der Waals surface area contributed by atoms with E-state index in [4.69, 9.17) is 0 Å². The van der Waals surface area contributed by atoms with Crippen molar-refractivity contribution in [1.82, 2.24) is 24.8 Å². The molecule has 8 heteroatoms. The molecule has 122 valence electrons. The Kier molecular flexibility index (Phi) is 3.30. The fourth-order valence-electron chi connectivity index (χ4n) is 3.16. The maximum atomic E-state index is 12.6. The molecule has 0 saturated carbocycles. The lowest BCUT2D eigenvalue weighted by Gasteiger charge is -2.23. The highest BCUT2D eigenvalue weighted by Crippen LogP contribution is 2.30. The number of imidazole rings is 1. The SMILES string of the molecule is O=C(c1c[nH]c(=O)[nH]1)N1CCCC1c1nc2ccccc2c(=O)[nH]1. The fourth-order valence-corrected chi connectivity index (χ4v) is 3.16. The van der Waals surface area contributed by atoms with Crippen molar-refractivity contribution >= 4 is 16.8 Å². The topological polar surface area (TPSA) is 115 Å². The van der Waals surface area contributed by atoms with Crippen LogP contribution in [0.5, 0.6) is 0 Å². The van der Waals surface area contributed by atoms with Crippen LogP contribution in [0.1, 0.15) is 35.2 Å². The molecule has 2 aromatic heterocycles. The third-order valence-corrected chi connectivity index (χ3v) is 4.29. The lowest BCUT2D eigenvalue weighted by atomic mass is 10.2. The standard InChI is InChI=1S/C16H15N5O3/c22-14-9-4-1-2-5-10(9)18-13(20-14)12-6-3-7-21(12)15(23)11-8-17-16(24)19-11/h1-2,4-5,8,12H,3,6-7H2,(H2,17,19,24)(H,18,20,22). The van der Waals surface area contributed by atoms with E-state index in [0.717, 1.165) is 6.42 Å². The van der Waals surface area contributed by atoms with Crippen molar-refractivity contribution in [2.75, 3.05) is 6.54 Å². The maximum absolute atomic E-state index is 12.6. The van der Waals surface area contributed by atoms with Gasteiger partial charge in [0.25, 0.3) is 11.5 Å². The Bertz CT molecular complexity index is 1030. The molecule has 0 radical (unpaired) electrons. The van der Waals surface area contributed by atoms with Crippen molar-refractivity contribution in [2.24, 2.45) is 0 Å². The number of carbonyl (C=O) groups is 1. The van der Waals surface area contributed by atoms with E-state index in [-0.39, 0.29) is 23.2 Å². The second-order valence-corrected chi connectivity index (χ2v) is 5.78. The zero-order valence-electron chi connectivity index (χ0n) is 12.7. The molecule has 3 heterocycles. The quantitative estimate of drug-likeness (QED) is 0.650. The number of benzene rings is 1. The summed E-state index contributed by atoms with van der Waals surface area (Å²) in [6.07, 6.45) is 2.87. The van der Waals surface area contributed by atoms with E-state index >= 15 is 0 Å². The molecule has 1 fully saturated rings. The number of hydrogen-bond donors (Lipinski definition) is 3. The van der Waals surface area contributed by atoms with E-state index in [1.54, 1.807) is 23.1 Å². The smallest absolute Gasteiger partial charge is 0.323 e. The van der Waals surface area contributed by atoms with Crippen LogP contribution in [0.2, 0.25) is 0 Å². The molecule has 4 rings (SSSR count). The van der Waals surface area contributed by atoms with Crippen molar-refractivity contribution in [3.05, 3.63) is 62.8 Å². The van der Waals surface area contributed by atoms with Gasteiger partial charge in [0.05, 0.1) is 16.9 Å². The Morgan fingerprint density at radius 2 is 2.04 bits per heavy atom. The molecule has 3 N–H and O–H groups in total. The number of rotatable bonds is 2. The number of aromatic nitrogens is 4. The predicted molar refractivity (Wildman–Crippen MR) is 86.8 cm³/mol. The van der Waals surface area contributed by atoms with E-state index in [0.29, 0.717) is 29.7 Å².